The third-order valence-electron chi connectivity index (χ3n) is 9.02. The number of amides is 2. The molecule has 1 aromatic carbocycles. The van der Waals surface area contributed by atoms with E-state index in [9.17, 15) is 19.5 Å². The Bertz CT molecular complexity index is 1070. The number of aliphatic carboxylic acids is 1. The van der Waals surface area contributed by atoms with Crippen molar-refractivity contribution in [1.29, 1.82) is 0 Å². The number of quaternary nitrogens is 1. The predicted molar refractivity (Wildman–Crippen MR) is 159 cm³/mol. The molecule has 3 atom stereocenters. The monoisotopic (exact) mass is 571 g/mol. The SMILES string of the molecule is CCCCN(CCC[N+](C)(C)C)C(=O)CN1CC(c2ccc3c(c2)CCO3)C(C(=O)O)C1CCN1CCCCC1=O. The molecule has 0 bridgehead atoms. The predicted octanol–water partition coefficient (Wildman–Crippen LogP) is 3.22. The zero-order chi connectivity index (χ0) is 29.6. The fraction of sp³-hybridized carbons (Fsp3) is 0.719. The Hall–Kier alpha value is -2.65. The van der Waals surface area contributed by atoms with Crippen LogP contribution < -0.4 is 4.74 Å². The van der Waals surface area contributed by atoms with E-state index >= 15 is 0 Å². The van der Waals surface area contributed by atoms with E-state index in [1.165, 1.54) is 0 Å². The molecule has 3 aliphatic rings. The summed E-state index contributed by atoms with van der Waals surface area (Å²) in [4.78, 5) is 45.2. The molecule has 9 heteroatoms. The number of likely N-dealkylation sites (tertiary alicyclic amines) is 2. The van der Waals surface area contributed by atoms with Gasteiger partial charge in [0.2, 0.25) is 11.8 Å². The molecule has 9 nitrogen and oxygen atoms in total. The van der Waals surface area contributed by atoms with Gasteiger partial charge >= 0.3 is 5.97 Å². The quantitative estimate of drug-likeness (QED) is 0.345. The number of unbranched alkanes of at least 4 members (excludes halogenated alkanes) is 1. The summed E-state index contributed by atoms with van der Waals surface area (Å²) in [6, 6.07) is 5.75. The van der Waals surface area contributed by atoms with Crippen molar-refractivity contribution in [2.24, 2.45) is 5.92 Å². The van der Waals surface area contributed by atoms with E-state index in [0.29, 0.717) is 39.1 Å². The van der Waals surface area contributed by atoms with Crippen molar-refractivity contribution in [3.8, 4) is 5.75 Å². The molecule has 4 rings (SSSR count). The first kappa shape index (κ1) is 31.3. The average molecular weight is 572 g/mol. The van der Waals surface area contributed by atoms with Gasteiger partial charge in [0.25, 0.3) is 0 Å². The zero-order valence-electron chi connectivity index (χ0n) is 25.6. The number of rotatable bonds is 14. The number of piperidine rings is 1. The lowest BCUT2D eigenvalue weighted by atomic mass is 9.83. The number of fused-ring (bicyclic) bond motifs is 1. The summed E-state index contributed by atoms with van der Waals surface area (Å²) in [5, 5.41) is 10.5. The van der Waals surface area contributed by atoms with E-state index in [1.54, 1.807) is 0 Å². The highest BCUT2D eigenvalue weighted by Gasteiger charge is 2.47. The lowest BCUT2D eigenvalue weighted by Crippen LogP contribution is -2.47. The van der Waals surface area contributed by atoms with Crippen LogP contribution >= 0.6 is 0 Å². The first-order valence-corrected chi connectivity index (χ1v) is 15.7. The highest BCUT2D eigenvalue weighted by molar-refractivity contribution is 5.79. The normalized spacial score (nSPS) is 23.0. The van der Waals surface area contributed by atoms with Crippen molar-refractivity contribution in [3.63, 3.8) is 0 Å². The molecular weight excluding hydrogens is 520 g/mol. The molecule has 2 amide bonds. The summed E-state index contributed by atoms with van der Waals surface area (Å²) < 4.78 is 6.55. The molecule has 0 spiro atoms. The van der Waals surface area contributed by atoms with Gasteiger partial charge in [-0.15, -0.1) is 0 Å². The molecule has 41 heavy (non-hydrogen) atoms. The summed E-state index contributed by atoms with van der Waals surface area (Å²) in [5.41, 5.74) is 2.13. The largest absolute Gasteiger partial charge is 0.493 e. The van der Waals surface area contributed by atoms with Gasteiger partial charge in [-0.3, -0.25) is 19.3 Å². The van der Waals surface area contributed by atoms with Crippen molar-refractivity contribution < 1.29 is 28.7 Å². The fourth-order valence-electron chi connectivity index (χ4n) is 6.73. The Balaban J connectivity index is 1.55. The molecule has 3 aliphatic heterocycles. The third kappa shape index (κ3) is 8.22. The van der Waals surface area contributed by atoms with Crippen LogP contribution in [0.2, 0.25) is 0 Å². The van der Waals surface area contributed by atoms with E-state index in [-0.39, 0.29) is 30.3 Å². The summed E-state index contributed by atoms with van der Waals surface area (Å²) in [6.45, 7) is 7.20. The number of ether oxygens (including phenoxy) is 1. The van der Waals surface area contributed by atoms with E-state index in [4.69, 9.17) is 4.74 Å². The molecule has 2 saturated heterocycles. The van der Waals surface area contributed by atoms with Gasteiger partial charge in [0.1, 0.15) is 5.75 Å². The third-order valence-corrected chi connectivity index (χ3v) is 9.02. The first-order valence-electron chi connectivity index (χ1n) is 15.7. The summed E-state index contributed by atoms with van der Waals surface area (Å²) >= 11 is 0. The molecule has 0 aromatic heterocycles. The summed E-state index contributed by atoms with van der Waals surface area (Å²) in [5.74, 6) is -0.595. The number of carboxylic acid groups (broad SMARTS) is 1. The molecule has 0 aliphatic carbocycles. The minimum Gasteiger partial charge on any atom is -0.493 e. The molecular formula is C32H51N4O5+. The van der Waals surface area contributed by atoms with Crippen LogP contribution in [0.25, 0.3) is 0 Å². The second-order valence-electron chi connectivity index (χ2n) is 13.2. The molecule has 0 radical (unpaired) electrons. The summed E-state index contributed by atoms with van der Waals surface area (Å²) in [6.07, 6.45) is 6.75. The molecule has 3 unspecified atom stereocenters. The number of nitrogens with zero attached hydrogens (tertiary/aromatic N) is 4. The van der Waals surface area contributed by atoms with Gasteiger partial charge in [-0.25, -0.2) is 0 Å². The molecule has 228 valence electrons. The number of hydrogen-bond donors (Lipinski definition) is 1. The molecule has 1 aromatic rings. The Kier molecular flexibility index (Phi) is 10.7. The van der Waals surface area contributed by atoms with Gasteiger partial charge in [0.05, 0.1) is 46.8 Å². The van der Waals surface area contributed by atoms with E-state index in [1.807, 2.05) is 21.9 Å². The topological polar surface area (TPSA) is 90.4 Å². The van der Waals surface area contributed by atoms with Crippen LogP contribution in [0.15, 0.2) is 18.2 Å². The van der Waals surface area contributed by atoms with Crippen LogP contribution in [0.3, 0.4) is 0 Å². The zero-order valence-corrected chi connectivity index (χ0v) is 25.6. The highest BCUT2D eigenvalue weighted by atomic mass is 16.5. The van der Waals surface area contributed by atoms with Crippen molar-refractivity contribution >= 4 is 17.8 Å². The van der Waals surface area contributed by atoms with Gasteiger partial charge in [-0.2, -0.15) is 0 Å². The first-order chi connectivity index (χ1) is 19.6. The number of hydrogen-bond acceptors (Lipinski definition) is 5. The smallest absolute Gasteiger partial charge is 0.308 e. The fourth-order valence-corrected chi connectivity index (χ4v) is 6.73. The van der Waals surface area contributed by atoms with Gasteiger partial charge in [-0.05, 0) is 42.9 Å². The van der Waals surface area contributed by atoms with E-state index in [2.05, 4.69) is 39.0 Å². The van der Waals surface area contributed by atoms with Crippen molar-refractivity contribution in [2.45, 2.75) is 70.3 Å². The Morgan fingerprint density at radius 1 is 1.12 bits per heavy atom. The maximum Gasteiger partial charge on any atom is 0.308 e. The second kappa shape index (κ2) is 14.0. The van der Waals surface area contributed by atoms with E-state index < -0.39 is 11.9 Å². The Morgan fingerprint density at radius 2 is 1.90 bits per heavy atom. The van der Waals surface area contributed by atoms with Gasteiger partial charge in [0, 0.05) is 63.9 Å². The van der Waals surface area contributed by atoms with E-state index in [0.717, 1.165) is 79.5 Å². The van der Waals surface area contributed by atoms with Gasteiger partial charge in [0.15, 0.2) is 0 Å². The molecule has 2 fully saturated rings. The molecule has 3 heterocycles. The van der Waals surface area contributed by atoms with Crippen molar-refractivity contribution in [2.75, 3.05) is 73.6 Å². The van der Waals surface area contributed by atoms with Crippen LogP contribution in [-0.4, -0.2) is 122 Å². The summed E-state index contributed by atoms with van der Waals surface area (Å²) in [7, 11) is 6.49. The average Bonchev–Trinajstić information content (AvgIpc) is 3.53. The maximum atomic E-state index is 13.8. The van der Waals surface area contributed by atoms with Crippen LogP contribution in [0.5, 0.6) is 5.75 Å². The second-order valence-corrected chi connectivity index (χ2v) is 13.2. The van der Waals surface area contributed by atoms with Crippen LogP contribution in [0.4, 0.5) is 0 Å². The number of carbonyl (C=O) groups excluding carboxylic acids is 2. The van der Waals surface area contributed by atoms with Crippen LogP contribution in [-0.2, 0) is 20.8 Å². The molecule has 0 saturated carbocycles. The minimum atomic E-state index is -0.831. The van der Waals surface area contributed by atoms with Crippen LogP contribution in [0.1, 0.15) is 68.9 Å². The number of carboxylic acids is 1. The lowest BCUT2D eigenvalue weighted by molar-refractivity contribution is -0.870. The van der Waals surface area contributed by atoms with Gasteiger partial charge in [-0.1, -0.05) is 25.5 Å². The van der Waals surface area contributed by atoms with Gasteiger partial charge < -0.3 is 24.1 Å². The van der Waals surface area contributed by atoms with Crippen molar-refractivity contribution in [1.82, 2.24) is 14.7 Å². The standard InChI is InChI=1S/C32H50N4O5/c1-5-6-15-33(17-9-19-36(2,3)4)30(38)23-35-22-26(24-11-12-28-25(21-24)14-20-41-28)31(32(39)40)27(35)13-18-34-16-8-7-10-29(34)37/h11-12,21,26-27,31H,5-10,13-20,22-23H2,1-4H3/p+1. The minimum absolute atomic E-state index is 0.0750. The number of carbonyl (C=O) groups is 3. The van der Waals surface area contributed by atoms with Crippen LogP contribution in [0, 0.1) is 5.92 Å². The highest BCUT2D eigenvalue weighted by Crippen LogP contribution is 2.41. The maximum absolute atomic E-state index is 13.8. The Morgan fingerprint density at radius 3 is 2.61 bits per heavy atom. The molecule has 1 N–H and O–H groups in total. The Labute approximate surface area is 246 Å². The number of benzene rings is 1. The lowest BCUT2D eigenvalue weighted by Gasteiger charge is -2.33. The van der Waals surface area contributed by atoms with Crippen molar-refractivity contribution in [3.05, 3.63) is 29.3 Å².